The molecule has 1 aromatic heterocycles. The Morgan fingerprint density at radius 1 is 1.12 bits per heavy atom. The lowest BCUT2D eigenvalue weighted by atomic mass is 9.81. The first-order valence-corrected chi connectivity index (χ1v) is 11.5. The van der Waals surface area contributed by atoms with Crippen LogP contribution in [0.2, 0.25) is 0 Å². The van der Waals surface area contributed by atoms with Crippen molar-refractivity contribution in [3.05, 3.63) is 35.5 Å². The topological polar surface area (TPSA) is 92.6 Å². The van der Waals surface area contributed by atoms with Crippen LogP contribution in [0, 0.1) is 28.4 Å². The first kappa shape index (κ1) is 23.7. The normalized spacial score (nSPS) is 18.0. The molecule has 0 aliphatic carbocycles. The molecule has 3 amide bonds. The van der Waals surface area contributed by atoms with Crippen LogP contribution in [-0.2, 0) is 0 Å². The average Bonchev–Trinajstić information content (AvgIpc) is 2.84. The number of fused-ring (bicyclic) bond motifs is 1. The Morgan fingerprint density at radius 2 is 1.76 bits per heavy atom. The van der Waals surface area contributed by atoms with Crippen molar-refractivity contribution in [3.63, 3.8) is 0 Å². The van der Waals surface area contributed by atoms with E-state index in [1.807, 2.05) is 18.7 Å². The number of piperazine rings is 1. The van der Waals surface area contributed by atoms with Gasteiger partial charge in [0.15, 0.2) is 5.82 Å². The molecule has 8 nitrogen and oxygen atoms in total. The Morgan fingerprint density at radius 3 is 2.38 bits per heavy atom. The molecular weight excluding hydrogens is 442 g/mol. The van der Waals surface area contributed by atoms with Crippen molar-refractivity contribution in [1.29, 1.82) is 5.26 Å². The van der Waals surface area contributed by atoms with Gasteiger partial charge in [0, 0.05) is 63.5 Å². The second-order valence-electron chi connectivity index (χ2n) is 9.08. The Bertz CT molecular complexity index is 1150. The summed E-state index contributed by atoms with van der Waals surface area (Å²) in [5.74, 6) is -1.82. The lowest BCUT2D eigenvalue weighted by molar-refractivity contribution is 0.0665. The van der Waals surface area contributed by atoms with Crippen LogP contribution in [0.25, 0.3) is 10.9 Å². The lowest BCUT2D eigenvalue weighted by Gasteiger charge is -2.39. The smallest absolute Gasteiger partial charge is 0.317 e. The molecule has 1 N–H and O–H groups in total. The van der Waals surface area contributed by atoms with Crippen molar-refractivity contribution in [2.45, 2.75) is 26.7 Å². The summed E-state index contributed by atoms with van der Waals surface area (Å²) >= 11 is 0. The molecule has 1 aromatic carbocycles. The second kappa shape index (κ2) is 9.41. The molecule has 2 aromatic rings. The minimum atomic E-state index is -0.787. The summed E-state index contributed by atoms with van der Waals surface area (Å²) in [5, 5.41) is 12.5. The van der Waals surface area contributed by atoms with E-state index in [0.29, 0.717) is 64.3 Å². The molecule has 34 heavy (non-hydrogen) atoms. The summed E-state index contributed by atoms with van der Waals surface area (Å²) in [7, 11) is 0. The number of nitrogens with zero attached hydrogens (tertiary/aromatic N) is 5. The molecule has 0 spiro atoms. The van der Waals surface area contributed by atoms with Gasteiger partial charge in [-0.25, -0.2) is 13.6 Å². The van der Waals surface area contributed by atoms with Gasteiger partial charge in [0.1, 0.15) is 11.3 Å². The van der Waals surface area contributed by atoms with Crippen LogP contribution in [0.15, 0.2) is 18.3 Å². The summed E-state index contributed by atoms with van der Waals surface area (Å²) in [6, 6.07) is 4.18. The van der Waals surface area contributed by atoms with Gasteiger partial charge in [-0.3, -0.25) is 9.78 Å². The highest BCUT2D eigenvalue weighted by Gasteiger charge is 2.34. The maximum Gasteiger partial charge on any atom is 0.317 e. The first-order chi connectivity index (χ1) is 16.3. The monoisotopic (exact) mass is 470 g/mol. The zero-order chi connectivity index (χ0) is 24.5. The minimum Gasteiger partial charge on any atom is -0.370 e. The summed E-state index contributed by atoms with van der Waals surface area (Å²) in [5.41, 5.74) is 0.238. The van der Waals surface area contributed by atoms with Gasteiger partial charge in [0.25, 0.3) is 5.91 Å². The fourth-order valence-electron chi connectivity index (χ4n) is 4.59. The molecule has 2 saturated heterocycles. The van der Waals surface area contributed by atoms with E-state index in [1.54, 1.807) is 9.80 Å². The first-order valence-electron chi connectivity index (χ1n) is 11.5. The number of nitriles is 1. The molecule has 0 radical (unpaired) electrons. The number of hydrogen-bond donors (Lipinski definition) is 1. The van der Waals surface area contributed by atoms with E-state index >= 15 is 0 Å². The van der Waals surface area contributed by atoms with Crippen molar-refractivity contribution in [3.8, 4) is 6.07 Å². The van der Waals surface area contributed by atoms with E-state index in [9.17, 15) is 23.6 Å². The summed E-state index contributed by atoms with van der Waals surface area (Å²) < 4.78 is 28.8. The Hall–Kier alpha value is -3.48. The van der Waals surface area contributed by atoms with Gasteiger partial charge in [0.05, 0.1) is 22.7 Å². The molecular formula is C24H28F2N6O2. The van der Waals surface area contributed by atoms with E-state index in [0.717, 1.165) is 6.07 Å². The zero-order valence-corrected chi connectivity index (χ0v) is 19.4. The van der Waals surface area contributed by atoms with Gasteiger partial charge in [0.2, 0.25) is 0 Å². The Kier molecular flexibility index (Phi) is 6.55. The van der Waals surface area contributed by atoms with Gasteiger partial charge in [-0.05, 0) is 32.8 Å². The number of carbonyl (C=O) groups is 2. The van der Waals surface area contributed by atoms with Crippen molar-refractivity contribution < 1.29 is 18.4 Å². The largest absolute Gasteiger partial charge is 0.370 e. The van der Waals surface area contributed by atoms with Crippen LogP contribution in [0.5, 0.6) is 0 Å². The third-order valence-electron chi connectivity index (χ3n) is 6.73. The van der Waals surface area contributed by atoms with Crippen LogP contribution in [0.1, 0.15) is 37.0 Å². The minimum absolute atomic E-state index is 0.00243. The Balaban J connectivity index is 1.68. The number of hydrogen-bond acceptors (Lipinski definition) is 5. The molecule has 3 heterocycles. The van der Waals surface area contributed by atoms with Gasteiger partial charge < -0.3 is 20.0 Å². The van der Waals surface area contributed by atoms with Gasteiger partial charge >= 0.3 is 6.03 Å². The average molecular weight is 471 g/mol. The molecule has 2 fully saturated rings. The number of urea groups is 1. The number of benzene rings is 1. The van der Waals surface area contributed by atoms with Crippen molar-refractivity contribution in [1.82, 2.24) is 20.1 Å². The lowest BCUT2D eigenvalue weighted by Crippen LogP contribution is -2.53. The number of amides is 3. The predicted octanol–water partition coefficient (Wildman–Crippen LogP) is 3.13. The van der Waals surface area contributed by atoms with E-state index in [2.05, 4.69) is 16.4 Å². The van der Waals surface area contributed by atoms with Crippen LogP contribution < -0.4 is 10.2 Å². The molecule has 2 aliphatic rings. The predicted molar refractivity (Wildman–Crippen MR) is 123 cm³/mol. The number of aromatic nitrogens is 1. The number of anilines is 1. The molecule has 0 saturated carbocycles. The third kappa shape index (κ3) is 4.47. The number of pyridine rings is 1. The molecule has 10 heteroatoms. The fraction of sp³-hybridized carbons (Fsp3) is 0.500. The molecule has 0 unspecified atom stereocenters. The maximum atomic E-state index is 14.5. The number of halogens is 2. The molecule has 180 valence electrons. The summed E-state index contributed by atoms with van der Waals surface area (Å²) in [6.07, 6.45) is 2.50. The number of rotatable bonds is 3. The highest BCUT2D eigenvalue weighted by atomic mass is 19.1. The van der Waals surface area contributed by atoms with Gasteiger partial charge in [-0.1, -0.05) is 0 Å². The van der Waals surface area contributed by atoms with E-state index < -0.39 is 17.0 Å². The van der Waals surface area contributed by atoms with Gasteiger partial charge in [-0.2, -0.15) is 5.26 Å². The van der Waals surface area contributed by atoms with Crippen molar-refractivity contribution in [2.24, 2.45) is 5.41 Å². The summed E-state index contributed by atoms with van der Waals surface area (Å²) in [4.78, 5) is 35.0. The maximum absolute atomic E-state index is 14.5. The van der Waals surface area contributed by atoms with E-state index in [1.165, 1.54) is 12.3 Å². The number of piperidine rings is 1. The van der Waals surface area contributed by atoms with E-state index in [-0.39, 0.29) is 28.4 Å². The highest BCUT2D eigenvalue weighted by Crippen LogP contribution is 2.38. The van der Waals surface area contributed by atoms with Crippen molar-refractivity contribution >= 4 is 28.5 Å². The Labute approximate surface area is 197 Å². The fourth-order valence-corrected chi connectivity index (χ4v) is 4.59. The number of carbonyl (C=O) groups excluding carboxylic acids is 2. The number of nitrogens with one attached hydrogen (secondary N) is 1. The van der Waals surface area contributed by atoms with Gasteiger partial charge in [-0.15, -0.1) is 0 Å². The molecule has 0 bridgehead atoms. The third-order valence-corrected chi connectivity index (χ3v) is 6.73. The standard InChI is InChI=1S/C24H28F2N6O2/c1-3-28-23(34)32-10-8-31(9-11-32)22(33)18-14-29-20-17(12-16(25)13-19(20)26)21(18)30-6-4-24(2,15-27)5-7-30/h12-14H,3-11H2,1-2H3,(H,28,34). The molecule has 2 aliphatic heterocycles. The second-order valence-corrected chi connectivity index (χ2v) is 9.08. The summed E-state index contributed by atoms with van der Waals surface area (Å²) in [6.45, 7) is 6.70. The molecule has 0 atom stereocenters. The van der Waals surface area contributed by atoms with Crippen LogP contribution in [0.3, 0.4) is 0 Å². The van der Waals surface area contributed by atoms with Crippen LogP contribution >= 0.6 is 0 Å². The van der Waals surface area contributed by atoms with Crippen molar-refractivity contribution in [2.75, 3.05) is 50.7 Å². The quantitative estimate of drug-likeness (QED) is 0.744. The van der Waals surface area contributed by atoms with Crippen LogP contribution in [0.4, 0.5) is 19.3 Å². The highest BCUT2D eigenvalue weighted by molar-refractivity contribution is 6.07. The SMILES string of the molecule is CCNC(=O)N1CCN(C(=O)c2cnc3c(F)cc(F)cc3c2N2CCC(C)(C#N)CC2)CC1. The zero-order valence-electron chi connectivity index (χ0n) is 19.4. The van der Waals surface area contributed by atoms with Crippen LogP contribution in [-0.4, -0.2) is 72.5 Å². The molecule has 4 rings (SSSR count). The van der Waals surface area contributed by atoms with E-state index in [4.69, 9.17) is 0 Å².